The number of hydrogen-bond donors (Lipinski definition) is 1. The number of aliphatic hydroxyl groups excluding tert-OH is 1. The van der Waals surface area contributed by atoms with Crippen LogP contribution in [0.1, 0.15) is 48.4 Å². The van der Waals surface area contributed by atoms with Crippen molar-refractivity contribution >= 4 is 0 Å². The molecular formula is C19H25NO4. The van der Waals surface area contributed by atoms with Crippen LogP contribution in [0.2, 0.25) is 0 Å². The molecule has 1 aromatic carbocycles. The van der Waals surface area contributed by atoms with Gasteiger partial charge in [-0.3, -0.25) is 4.90 Å². The molecule has 24 heavy (non-hydrogen) atoms. The molecule has 0 radical (unpaired) electrons. The summed E-state index contributed by atoms with van der Waals surface area (Å²) in [5.41, 5.74) is 4.24. The largest absolute Gasteiger partial charge is 0.493 e. The number of methoxy groups -OCH3 is 2. The minimum absolute atomic E-state index is 0.0325. The van der Waals surface area contributed by atoms with Crippen LogP contribution in [0.15, 0.2) is 6.07 Å². The van der Waals surface area contributed by atoms with Crippen molar-refractivity contribution in [2.45, 2.75) is 55.5 Å². The molecule has 5 nitrogen and oxygen atoms in total. The molecule has 1 aromatic rings. The van der Waals surface area contributed by atoms with Crippen LogP contribution in [0.4, 0.5) is 0 Å². The zero-order chi connectivity index (χ0) is 16.7. The molecule has 130 valence electrons. The van der Waals surface area contributed by atoms with Crippen LogP contribution in [0.25, 0.3) is 0 Å². The topological polar surface area (TPSA) is 51.2 Å². The van der Waals surface area contributed by atoms with Crippen molar-refractivity contribution < 1.29 is 19.3 Å². The first-order chi connectivity index (χ1) is 11.5. The maximum atomic E-state index is 10.6. The molecular weight excluding hydrogens is 306 g/mol. The normalized spacial score (nSPS) is 39.3. The summed E-state index contributed by atoms with van der Waals surface area (Å²) in [6, 6.07) is 2.59. The molecule has 1 saturated carbocycles. The lowest BCUT2D eigenvalue weighted by Gasteiger charge is -2.52. The Hall–Kier alpha value is -1.30. The first kappa shape index (κ1) is 15.0. The van der Waals surface area contributed by atoms with Gasteiger partial charge in [-0.15, -0.1) is 0 Å². The smallest absolute Gasteiger partial charge is 0.237 e. The number of benzene rings is 1. The summed E-state index contributed by atoms with van der Waals surface area (Å²) in [6.45, 7) is 1.08. The number of rotatable bonds is 2. The van der Waals surface area contributed by atoms with E-state index in [0.717, 1.165) is 50.1 Å². The van der Waals surface area contributed by atoms with Crippen molar-refractivity contribution in [3.05, 3.63) is 22.8 Å². The molecule has 4 aliphatic rings. The Morgan fingerprint density at radius 1 is 1.38 bits per heavy atom. The third-order valence-corrected chi connectivity index (χ3v) is 6.91. The van der Waals surface area contributed by atoms with Crippen molar-refractivity contribution in [1.29, 1.82) is 0 Å². The van der Waals surface area contributed by atoms with Gasteiger partial charge in [0.1, 0.15) is 6.10 Å². The van der Waals surface area contributed by atoms with E-state index in [-0.39, 0.29) is 5.41 Å². The fraction of sp³-hybridized carbons (Fsp3) is 0.684. The Kier molecular flexibility index (Phi) is 2.91. The minimum atomic E-state index is -0.946. The number of fused-ring (bicyclic) bond motifs is 1. The summed E-state index contributed by atoms with van der Waals surface area (Å²) < 4.78 is 17.8. The number of nitrogens with zero attached hydrogens (tertiary/aromatic N) is 1. The van der Waals surface area contributed by atoms with Gasteiger partial charge in [0.25, 0.3) is 0 Å². The fourth-order valence-electron chi connectivity index (χ4n) is 5.70. The monoisotopic (exact) mass is 331 g/mol. The molecule has 5 rings (SSSR count). The van der Waals surface area contributed by atoms with Crippen LogP contribution < -0.4 is 9.47 Å². The summed E-state index contributed by atoms with van der Waals surface area (Å²) in [7, 11) is 5.56. The first-order valence-corrected chi connectivity index (χ1v) is 8.90. The molecule has 2 heterocycles. The standard InChI is InChI=1S/C19H25NO4/c1-20-7-5-11-8-13(22-2)17-16-15(11)12(20)9-18(16)6-4-14(21)19(10-18,23-3)24-17/h8,12,14,21H,4-7,9-10H2,1-3H3/t12-,14-,18-,19+/m0/s1. The highest BCUT2D eigenvalue weighted by Gasteiger charge is 2.62. The van der Waals surface area contributed by atoms with Gasteiger partial charge in [-0.2, -0.15) is 0 Å². The highest BCUT2D eigenvalue weighted by molar-refractivity contribution is 5.63. The lowest BCUT2D eigenvalue weighted by Crippen LogP contribution is -2.59. The maximum absolute atomic E-state index is 10.6. The number of aliphatic hydroxyl groups is 1. The summed E-state index contributed by atoms with van der Waals surface area (Å²) in [5.74, 6) is 0.646. The Morgan fingerprint density at radius 2 is 2.21 bits per heavy atom. The van der Waals surface area contributed by atoms with Crippen LogP contribution in [0, 0.1) is 0 Å². The number of ether oxygens (including phenoxy) is 3. The highest BCUT2D eigenvalue weighted by atomic mass is 16.7. The van der Waals surface area contributed by atoms with E-state index in [1.165, 1.54) is 16.7 Å². The van der Waals surface area contributed by atoms with Gasteiger partial charge in [0.15, 0.2) is 11.5 Å². The summed E-state index contributed by atoms with van der Waals surface area (Å²) in [5, 5.41) is 10.6. The minimum Gasteiger partial charge on any atom is -0.493 e. The zero-order valence-corrected chi connectivity index (χ0v) is 14.6. The molecule has 4 atom stereocenters. The second-order valence-electron chi connectivity index (χ2n) is 7.94. The van der Waals surface area contributed by atoms with Gasteiger partial charge < -0.3 is 19.3 Å². The fourth-order valence-corrected chi connectivity index (χ4v) is 5.70. The van der Waals surface area contributed by atoms with Gasteiger partial charge in [0.2, 0.25) is 5.79 Å². The lowest BCUT2D eigenvalue weighted by atomic mass is 9.65. The Labute approximate surface area is 142 Å². The average Bonchev–Trinajstić information content (AvgIpc) is 2.94. The molecule has 1 N–H and O–H groups in total. The van der Waals surface area contributed by atoms with Gasteiger partial charge in [-0.25, -0.2) is 0 Å². The molecule has 2 aliphatic carbocycles. The second-order valence-corrected chi connectivity index (χ2v) is 7.94. The second kappa shape index (κ2) is 4.65. The maximum Gasteiger partial charge on any atom is 0.237 e. The number of likely N-dealkylation sites (N-methyl/N-ethyl adjacent to an activating group) is 1. The molecule has 2 aliphatic heterocycles. The van der Waals surface area contributed by atoms with Crippen molar-refractivity contribution in [3.8, 4) is 11.5 Å². The van der Waals surface area contributed by atoms with Gasteiger partial charge in [-0.1, -0.05) is 0 Å². The van der Waals surface area contributed by atoms with E-state index < -0.39 is 11.9 Å². The Bertz CT molecular complexity index is 720. The third-order valence-electron chi connectivity index (χ3n) is 6.91. The summed E-state index contributed by atoms with van der Waals surface area (Å²) >= 11 is 0. The molecule has 2 bridgehead atoms. The van der Waals surface area contributed by atoms with Crippen LogP contribution in [0.3, 0.4) is 0 Å². The Morgan fingerprint density at radius 3 is 2.96 bits per heavy atom. The van der Waals surface area contributed by atoms with E-state index in [9.17, 15) is 5.11 Å². The Balaban J connectivity index is 1.80. The van der Waals surface area contributed by atoms with E-state index >= 15 is 0 Å². The van der Waals surface area contributed by atoms with Crippen molar-refractivity contribution in [2.75, 3.05) is 27.8 Å². The van der Waals surface area contributed by atoms with Gasteiger partial charge in [-0.05, 0) is 49.9 Å². The molecule has 5 heteroatoms. The predicted molar refractivity (Wildman–Crippen MR) is 88.6 cm³/mol. The molecule has 0 aromatic heterocycles. The molecule has 0 amide bonds. The molecule has 0 unspecified atom stereocenters. The highest BCUT2D eigenvalue weighted by Crippen LogP contribution is 2.65. The van der Waals surface area contributed by atoms with E-state index in [1.807, 2.05) is 0 Å². The average molecular weight is 331 g/mol. The van der Waals surface area contributed by atoms with Crippen LogP contribution in [-0.4, -0.2) is 49.7 Å². The van der Waals surface area contributed by atoms with E-state index in [0.29, 0.717) is 6.04 Å². The molecule has 1 fully saturated rings. The summed E-state index contributed by atoms with van der Waals surface area (Å²) in [4.78, 5) is 2.47. The van der Waals surface area contributed by atoms with Crippen LogP contribution >= 0.6 is 0 Å². The first-order valence-electron chi connectivity index (χ1n) is 8.90. The van der Waals surface area contributed by atoms with Crippen LogP contribution in [-0.2, 0) is 16.6 Å². The zero-order valence-electron chi connectivity index (χ0n) is 14.6. The summed E-state index contributed by atoms with van der Waals surface area (Å²) in [6.07, 6.45) is 3.98. The van der Waals surface area contributed by atoms with Crippen molar-refractivity contribution in [2.24, 2.45) is 0 Å². The third kappa shape index (κ3) is 1.61. The molecule has 1 spiro atoms. The quantitative estimate of drug-likeness (QED) is 0.900. The SMILES string of the molecule is COc1cc2c3c4c1O[C@]1(OC)C[C@]4(CC[C@@H]1O)C[C@@H]3N(C)CC2. The van der Waals surface area contributed by atoms with Crippen LogP contribution in [0.5, 0.6) is 11.5 Å². The van der Waals surface area contributed by atoms with Gasteiger partial charge in [0, 0.05) is 37.1 Å². The van der Waals surface area contributed by atoms with Crippen molar-refractivity contribution in [1.82, 2.24) is 4.90 Å². The predicted octanol–water partition coefficient (Wildman–Crippen LogP) is 2.15. The van der Waals surface area contributed by atoms with Gasteiger partial charge in [0.05, 0.1) is 7.11 Å². The van der Waals surface area contributed by atoms with E-state index in [1.54, 1.807) is 14.2 Å². The van der Waals surface area contributed by atoms with Gasteiger partial charge >= 0.3 is 0 Å². The van der Waals surface area contributed by atoms with E-state index in [2.05, 4.69) is 18.0 Å². The van der Waals surface area contributed by atoms with Crippen molar-refractivity contribution in [3.63, 3.8) is 0 Å². The van der Waals surface area contributed by atoms with E-state index in [4.69, 9.17) is 14.2 Å². The molecule has 0 saturated heterocycles. The number of hydrogen-bond acceptors (Lipinski definition) is 5. The lowest BCUT2D eigenvalue weighted by molar-refractivity contribution is -0.260.